The lowest BCUT2D eigenvalue weighted by molar-refractivity contribution is 0.282. The average Bonchev–Trinajstić information content (AvgIpc) is 2.12. The predicted molar refractivity (Wildman–Crippen MR) is 55.6 cm³/mol. The second-order valence-corrected chi connectivity index (χ2v) is 3.29. The summed E-state index contributed by atoms with van der Waals surface area (Å²) >= 11 is 0. The molecule has 0 saturated carbocycles. The third-order valence-electron chi connectivity index (χ3n) is 1.98. The molecule has 0 aromatic heterocycles. The highest BCUT2D eigenvalue weighted by Gasteiger charge is 2.04. The van der Waals surface area contributed by atoms with Crippen LogP contribution >= 0.6 is 0 Å². The van der Waals surface area contributed by atoms with Gasteiger partial charge in [0.2, 0.25) is 0 Å². The topological polar surface area (TPSA) is 58.3 Å². The van der Waals surface area contributed by atoms with Crippen molar-refractivity contribution in [3.63, 3.8) is 0 Å². The SMILES string of the molecule is CC(CCO)Nc1cc(F)ccc1N. The van der Waals surface area contributed by atoms with Crippen molar-refractivity contribution in [3.8, 4) is 0 Å². The zero-order valence-corrected chi connectivity index (χ0v) is 8.13. The Morgan fingerprint density at radius 3 is 2.93 bits per heavy atom. The van der Waals surface area contributed by atoms with Crippen LogP contribution in [0.15, 0.2) is 18.2 Å². The highest BCUT2D eigenvalue weighted by atomic mass is 19.1. The lowest BCUT2D eigenvalue weighted by Gasteiger charge is -2.15. The van der Waals surface area contributed by atoms with E-state index in [4.69, 9.17) is 10.8 Å². The van der Waals surface area contributed by atoms with Crippen LogP contribution in [0.25, 0.3) is 0 Å². The molecule has 0 aliphatic carbocycles. The number of anilines is 2. The number of nitrogens with one attached hydrogen (secondary N) is 1. The molecule has 1 aromatic rings. The van der Waals surface area contributed by atoms with Crippen molar-refractivity contribution < 1.29 is 9.50 Å². The maximum absolute atomic E-state index is 12.8. The Hall–Kier alpha value is -1.29. The minimum atomic E-state index is -0.321. The first kappa shape index (κ1) is 10.8. The summed E-state index contributed by atoms with van der Waals surface area (Å²) in [5.41, 5.74) is 6.73. The van der Waals surface area contributed by atoms with Crippen LogP contribution in [0.4, 0.5) is 15.8 Å². The standard InChI is InChI=1S/C10H15FN2O/c1-7(4-5-14)13-10-6-8(11)2-3-9(10)12/h2-3,6-7,13-14H,4-5,12H2,1H3. The number of aliphatic hydroxyl groups is 1. The van der Waals surface area contributed by atoms with Gasteiger partial charge in [0.25, 0.3) is 0 Å². The van der Waals surface area contributed by atoms with Crippen LogP contribution in [-0.4, -0.2) is 17.8 Å². The Labute approximate surface area is 82.7 Å². The maximum Gasteiger partial charge on any atom is 0.125 e. The number of hydrogen-bond donors (Lipinski definition) is 3. The van der Waals surface area contributed by atoms with Gasteiger partial charge in [-0.05, 0) is 31.5 Å². The van der Waals surface area contributed by atoms with Gasteiger partial charge >= 0.3 is 0 Å². The summed E-state index contributed by atoms with van der Waals surface area (Å²) in [5, 5.41) is 11.7. The number of halogens is 1. The molecule has 0 bridgehead atoms. The van der Waals surface area contributed by atoms with Crippen LogP contribution in [0.3, 0.4) is 0 Å². The molecule has 4 heteroatoms. The molecule has 78 valence electrons. The molecule has 1 rings (SSSR count). The lowest BCUT2D eigenvalue weighted by atomic mass is 10.2. The highest BCUT2D eigenvalue weighted by molar-refractivity contribution is 5.66. The van der Waals surface area contributed by atoms with Gasteiger partial charge in [-0.2, -0.15) is 0 Å². The molecule has 4 N–H and O–H groups in total. The number of benzene rings is 1. The molecular formula is C10H15FN2O. The van der Waals surface area contributed by atoms with Gasteiger partial charge in [0, 0.05) is 12.6 Å². The van der Waals surface area contributed by atoms with E-state index in [1.165, 1.54) is 18.2 Å². The highest BCUT2D eigenvalue weighted by Crippen LogP contribution is 2.20. The fraction of sp³-hybridized carbons (Fsp3) is 0.400. The quantitative estimate of drug-likeness (QED) is 0.644. The van der Waals surface area contributed by atoms with Crippen LogP contribution in [0, 0.1) is 5.82 Å². The third kappa shape index (κ3) is 2.88. The van der Waals surface area contributed by atoms with E-state index in [2.05, 4.69) is 5.32 Å². The van der Waals surface area contributed by atoms with Crippen LogP contribution in [0.1, 0.15) is 13.3 Å². The van der Waals surface area contributed by atoms with E-state index in [0.29, 0.717) is 17.8 Å². The zero-order valence-electron chi connectivity index (χ0n) is 8.13. The van der Waals surface area contributed by atoms with Crippen molar-refractivity contribution in [1.29, 1.82) is 0 Å². The number of nitrogens with two attached hydrogens (primary N) is 1. The van der Waals surface area contributed by atoms with Gasteiger partial charge in [0.05, 0.1) is 11.4 Å². The monoisotopic (exact) mass is 198 g/mol. The summed E-state index contributed by atoms with van der Waals surface area (Å²) in [6.07, 6.45) is 0.607. The predicted octanol–water partition coefficient (Wildman–Crippen LogP) is 1.59. The molecule has 0 aliphatic heterocycles. The van der Waals surface area contributed by atoms with E-state index in [1.807, 2.05) is 6.92 Å². The Balaban J connectivity index is 2.70. The number of hydrogen-bond acceptors (Lipinski definition) is 3. The average molecular weight is 198 g/mol. The molecule has 3 nitrogen and oxygen atoms in total. The van der Waals surface area contributed by atoms with Crippen molar-refractivity contribution in [3.05, 3.63) is 24.0 Å². The lowest BCUT2D eigenvalue weighted by Crippen LogP contribution is -2.17. The molecule has 0 heterocycles. The zero-order chi connectivity index (χ0) is 10.6. The van der Waals surface area contributed by atoms with Crippen molar-refractivity contribution in [2.24, 2.45) is 0 Å². The summed E-state index contributed by atoms with van der Waals surface area (Å²) in [6.45, 7) is 2.00. The molecule has 0 amide bonds. The Bertz CT molecular complexity index is 304. The number of nitrogen functional groups attached to an aromatic ring is 1. The normalized spacial score (nSPS) is 12.5. The molecule has 1 aromatic carbocycles. The fourth-order valence-corrected chi connectivity index (χ4v) is 1.18. The Kier molecular flexibility index (Phi) is 3.71. The maximum atomic E-state index is 12.8. The molecule has 0 saturated heterocycles. The fourth-order valence-electron chi connectivity index (χ4n) is 1.18. The Morgan fingerprint density at radius 2 is 2.29 bits per heavy atom. The van der Waals surface area contributed by atoms with E-state index in [-0.39, 0.29) is 18.5 Å². The first-order chi connectivity index (χ1) is 6.63. The molecule has 0 radical (unpaired) electrons. The van der Waals surface area contributed by atoms with Crippen molar-refractivity contribution in [2.75, 3.05) is 17.7 Å². The van der Waals surface area contributed by atoms with Crippen molar-refractivity contribution >= 4 is 11.4 Å². The summed E-state index contributed by atoms with van der Waals surface area (Å²) in [7, 11) is 0. The molecular weight excluding hydrogens is 183 g/mol. The molecule has 1 atom stereocenters. The summed E-state index contributed by atoms with van der Waals surface area (Å²) in [4.78, 5) is 0. The summed E-state index contributed by atoms with van der Waals surface area (Å²) in [6, 6.07) is 4.26. The molecule has 1 unspecified atom stereocenters. The van der Waals surface area contributed by atoms with Crippen molar-refractivity contribution in [1.82, 2.24) is 0 Å². The smallest absolute Gasteiger partial charge is 0.125 e. The minimum absolute atomic E-state index is 0.0732. The first-order valence-electron chi connectivity index (χ1n) is 4.56. The van der Waals surface area contributed by atoms with Crippen molar-refractivity contribution in [2.45, 2.75) is 19.4 Å². The minimum Gasteiger partial charge on any atom is -0.397 e. The van der Waals surface area contributed by atoms with E-state index >= 15 is 0 Å². The van der Waals surface area contributed by atoms with Gasteiger partial charge in [0.15, 0.2) is 0 Å². The van der Waals surface area contributed by atoms with Gasteiger partial charge in [-0.3, -0.25) is 0 Å². The molecule has 0 fully saturated rings. The van der Waals surface area contributed by atoms with Crippen LogP contribution < -0.4 is 11.1 Å². The van der Waals surface area contributed by atoms with Crippen LogP contribution in [-0.2, 0) is 0 Å². The van der Waals surface area contributed by atoms with E-state index in [9.17, 15) is 4.39 Å². The van der Waals surface area contributed by atoms with Crippen LogP contribution in [0.5, 0.6) is 0 Å². The molecule has 14 heavy (non-hydrogen) atoms. The van der Waals surface area contributed by atoms with Gasteiger partial charge in [-0.1, -0.05) is 0 Å². The van der Waals surface area contributed by atoms with E-state index in [1.54, 1.807) is 0 Å². The second kappa shape index (κ2) is 4.81. The largest absolute Gasteiger partial charge is 0.397 e. The first-order valence-corrected chi connectivity index (χ1v) is 4.56. The van der Waals surface area contributed by atoms with E-state index in [0.717, 1.165) is 0 Å². The second-order valence-electron chi connectivity index (χ2n) is 3.29. The Morgan fingerprint density at radius 1 is 1.57 bits per heavy atom. The molecule has 0 spiro atoms. The summed E-state index contributed by atoms with van der Waals surface area (Å²) in [5.74, 6) is -0.321. The molecule has 0 aliphatic rings. The van der Waals surface area contributed by atoms with Gasteiger partial charge in [0.1, 0.15) is 5.82 Å². The van der Waals surface area contributed by atoms with Crippen LogP contribution in [0.2, 0.25) is 0 Å². The van der Waals surface area contributed by atoms with Gasteiger partial charge in [-0.25, -0.2) is 4.39 Å². The van der Waals surface area contributed by atoms with Gasteiger partial charge in [-0.15, -0.1) is 0 Å². The third-order valence-corrected chi connectivity index (χ3v) is 1.98. The number of rotatable bonds is 4. The summed E-state index contributed by atoms with van der Waals surface area (Å²) < 4.78 is 12.8. The number of aliphatic hydroxyl groups excluding tert-OH is 1. The van der Waals surface area contributed by atoms with Gasteiger partial charge < -0.3 is 16.2 Å². The van der Waals surface area contributed by atoms with E-state index < -0.39 is 0 Å².